The first kappa shape index (κ1) is 19.6. The van der Waals surface area contributed by atoms with Crippen LogP contribution in [0.15, 0.2) is 60.8 Å². The van der Waals surface area contributed by atoms with Gasteiger partial charge < -0.3 is 10.6 Å². The van der Waals surface area contributed by atoms with E-state index in [1.54, 1.807) is 11.1 Å². The average Bonchev–Trinajstić information content (AvgIpc) is 2.85. The molecule has 5 aromatic rings. The van der Waals surface area contributed by atoms with Crippen molar-refractivity contribution in [2.45, 2.75) is 25.8 Å². The molecule has 0 saturated carbocycles. The fourth-order valence-electron chi connectivity index (χ4n) is 5.04. The van der Waals surface area contributed by atoms with Crippen LogP contribution in [0.2, 0.25) is 0 Å². The van der Waals surface area contributed by atoms with Gasteiger partial charge in [0.15, 0.2) is 5.78 Å². The fourth-order valence-corrected chi connectivity index (χ4v) is 5.04. The predicted molar refractivity (Wildman–Crippen MR) is 129 cm³/mol. The summed E-state index contributed by atoms with van der Waals surface area (Å²) in [4.78, 5) is 36.1. The van der Waals surface area contributed by atoms with Crippen molar-refractivity contribution >= 4 is 50.0 Å². The number of carbonyl (C=O) groups excluding carboxylic acids is 2. The van der Waals surface area contributed by atoms with E-state index in [9.17, 15) is 9.59 Å². The van der Waals surface area contributed by atoms with Crippen molar-refractivity contribution in [1.82, 2.24) is 14.9 Å². The lowest BCUT2D eigenvalue weighted by atomic mass is 9.90. The Morgan fingerprint density at radius 1 is 0.909 bits per heavy atom. The molecule has 33 heavy (non-hydrogen) atoms. The summed E-state index contributed by atoms with van der Waals surface area (Å²) in [5.41, 5.74) is 8.16. The van der Waals surface area contributed by atoms with Crippen LogP contribution in [0, 0.1) is 0 Å². The van der Waals surface area contributed by atoms with Gasteiger partial charge in [-0.2, -0.15) is 0 Å². The van der Waals surface area contributed by atoms with Crippen LogP contribution >= 0.6 is 0 Å². The quantitative estimate of drug-likeness (QED) is 0.332. The number of nitrogens with zero attached hydrogens (tertiary/aromatic N) is 3. The molecule has 6 nitrogen and oxygen atoms in total. The highest BCUT2D eigenvalue weighted by Gasteiger charge is 2.23. The summed E-state index contributed by atoms with van der Waals surface area (Å²) in [5, 5.41) is 6.72. The lowest BCUT2D eigenvalue weighted by Gasteiger charge is -2.28. The molecule has 1 amide bonds. The van der Waals surface area contributed by atoms with Crippen LogP contribution in [0.3, 0.4) is 0 Å². The zero-order valence-electron chi connectivity index (χ0n) is 18.0. The Morgan fingerprint density at radius 3 is 2.45 bits per heavy atom. The van der Waals surface area contributed by atoms with Gasteiger partial charge in [-0.3, -0.25) is 9.59 Å². The highest BCUT2D eigenvalue weighted by atomic mass is 16.2. The van der Waals surface area contributed by atoms with Crippen molar-refractivity contribution < 1.29 is 9.59 Å². The van der Waals surface area contributed by atoms with E-state index in [2.05, 4.69) is 46.4 Å². The Kier molecular flexibility index (Phi) is 4.47. The van der Waals surface area contributed by atoms with Gasteiger partial charge in [0.2, 0.25) is 11.9 Å². The first-order valence-corrected chi connectivity index (χ1v) is 11.2. The highest BCUT2D eigenvalue weighted by molar-refractivity contribution is 6.26. The molecule has 6 rings (SSSR count). The van der Waals surface area contributed by atoms with Crippen LogP contribution < -0.4 is 5.73 Å². The number of anilines is 1. The first-order valence-electron chi connectivity index (χ1n) is 11.2. The van der Waals surface area contributed by atoms with Crippen molar-refractivity contribution in [1.29, 1.82) is 0 Å². The van der Waals surface area contributed by atoms with Gasteiger partial charge in [0.25, 0.3) is 0 Å². The minimum atomic E-state index is -0.0245. The third kappa shape index (κ3) is 3.26. The van der Waals surface area contributed by atoms with Crippen molar-refractivity contribution in [2.24, 2.45) is 0 Å². The van der Waals surface area contributed by atoms with Gasteiger partial charge in [0.05, 0.1) is 5.69 Å². The second-order valence-electron chi connectivity index (χ2n) is 8.66. The number of nitrogens with two attached hydrogens (primary N) is 1. The number of rotatable bonds is 4. The van der Waals surface area contributed by atoms with E-state index in [-0.39, 0.29) is 30.5 Å². The number of Topliss-reactive ketones (excluding diaryl/α,β-unsaturated/α-hetero) is 1. The molecule has 0 atom stereocenters. The zero-order chi connectivity index (χ0) is 22.5. The van der Waals surface area contributed by atoms with Gasteiger partial charge in [0, 0.05) is 49.7 Å². The van der Waals surface area contributed by atoms with E-state index in [0.717, 1.165) is 27.4 Å². The third-order valence-corrected chi connectivity index (χ3v) is 6.70. The lowest BCUT2D eigenvalue weighted by Crippen LogP contribution is -2.36. The van der Waals surface area contributed by atoms with Gasteiger partial charge in [-0.1, -0.05) is 54.6 Å². The molecular weight excluding hydrogens is 412 g/mol. The molecule has 0 saturated heterocycles. The Labute approximate surface area is 190 Å². The molecule has 1 aliphatic heterocycles. The first-order chi connectivity index (χ1) is 16.1. The number of aromatic nitrogens is 2. The largest absolute Gasteiger partial charge is 0.368 e. The summed E-state index contributed by atoms with van der Waals surface area (Å²) < 4.78 is 0. The molecule has 1 aromatic heterocycles. The summed E-state index contributed by atoms with van der Waals surface area (Å²) >= 11 is 0. The molecule has 0 bridgehead atoms. The molecule has 4 aromatic carbocycles. The van der Waals surface area contributed by atoms with Crippen LogP contribution in [0.5, 0.6) is 0 Å². The smallest absolute Gasteiger partial charge is 0.223 e. The number of hydrogen-bond donors (Lipinski definition) is 1. The fraction of sp³-hybridized carbons (Fsp3) is 0.185. The van der Waals surface area contributed by atoms with E-state index in [1.165, 1.54) is 16.2 Å². The third-order valence-electron chi connectivity index (χ3n) is 6.70. The topological polar surface area (TPSA) is 89.2 Å². The molecule has 0 radical (unpaired) electrons. The maximum Gasteiger partial charge on any atom is 0.223 e. The maximum atomic E-state index is 13.2. The van der Waals surface area contributed by atoms with E-state index >= 15 is 0 Å². The number of nitrogen functional groups attached to an aromatic ring is 1. The van der Waals surface area contributed by atoms with E-state index in [1.807, 2.05) is 18.2 Å². The summed E-state index contributed by atoms with van der Waals surface area (Å²) in [5.74, 6) is 0.228. The van der Waals surface area contributed by atoms with E-state index in [0.29, 0.717) is 25.1 Å². The average molecular weight is 434 g/mol. The molecule has 1 aliphatic rings. The van der Waals surface area contributed by atoms with Gasteiger partial charge in [-0.05, 0) is 32.3 Å². The van der Waals surface area contributed by atoms with Crippen LogP contribution in [0.4, 0.5) is 5.95 Å². The molecule has 6 heteroatoms. The minimum Gasteiger partial charge on any atom is -0.368 e. The molecule has 162 valence electrons. The second-order valence-corrected chi connectivity index (χ2v) is 8.66. The second kappa shape index (κ2) is 7.52. The van der Waals surface area contributed by atoms with Gasteiger partial charge in [-0.25, -0.2) is 9.97 Å². The molecule has 0 unspecified atom stereocenters. The molecule has 2 heterocycles. The summed E-state index contributed by atoms with van der Waals surface area (Å²) in [6.07, 6.45) is 2.71. The van der Waals surface area contributed by atoms with E-state index in [4.69, 9.17) is 5.73 Å². The van der Waals surface area contributed by atoms with Gasteiger partial charge >= 0.3 is 0 Å². The van der Waals surface area contributed by atoms with Gasteiger partial charge in [0.1, 0.15) is 0 Å². The van der Waals surface area contributed by atoms with Crippen molar-refractivity contribution in [2.75, 3.05) is 12.3 Å². The number of carbonyl (C=O) groups is 2. The molecule has 0 aliphatic carbocycles. The van der Waals surface area contributed by atoms with Crippen molar-refractivity contribution in [3.8, 4) is 0 Å². The zero-order valence-corrected chi connectivity index (χ0v) is 18.0. The van der Waals surface area contributed by atoms with Crippen LogP contribution in [-0.2, 0) is 17.8 Å². The Balaban J connectivity index is 1.24. The number of ketones is 1. The summed E-state index contributed by atoms with van der Waals surface area (Å²) in [6, 6.07) is 18.5. The number of fused-ring (bicyclic) bond motifs is 1. The molecular formula is C27H22N4O2. The number of benzene rings is 4. The molecule has 0 fully saturated rings. The monoisotopic (exact) mass is 434 g/mol. The molecule has 0 spiro atoms. The predicted octanol–water partition coefficient (Wildman–Crippen LogP) is 4.50. The lowest BCUT2D eigenvalue weighted by molar-refractivity contribution is -0.132. The van der Waals surface area contributed by atoms with Crippen LogP contribution in [0.25, 0.3) is 32.3 Å². The number of hydrogen-bond acceptors (Lipinski definition) is 5. The Bertz CT molecular complexity index is 1540. The number of amides is 1. The SMILES string of the molecule is Nc1ncc2c(n1)CCN(C(=O)CCC(=O)c1ccc3ccc4cccc5ccc1c3c45)C2. The Hall–Kier alpha value is -4.06. The summed E-state index contributed by atoms with van der Waals surface area (Å²) in [7, 11) is 0. The minimum absolute atomic E-state index is 0.00481. The van der Waals surface area contributed by atoms with Crippen LogP contribution in [0.1, 0.15) is 34.5 Å². The van der Waals surface area contributed by atoms with E-state index < -0.39 is 0 Å². The standard InChI is InChI=1S/C27H22N4O2/c28-27-29-14-19-15-31(13-12-22(19)30-27)24(33)11-10-23(32)20-8-6-18-5-4-16-2-1-3-17-7-9-21(20)26(18)25(16)17/h1-9,14H,10-13,15H2,(H2,28,29,30). The van der Waals surface area contributed by atoms with Crippen molar-refractivity contribution in [3.05, 3.63) is 77.6 Å². The Morgan fingerprint density at radius 2 is 1.64 bits per heavy atom. The van der Waals surface area contributed by atoms with Gasteiger partial charge in [-0.15, -0.1) is 0 Å². The normalized spacial score (nSPS) is 13.6. The highest BCUT2D eigenvalue weighted by Crippen LogP contribution is 2.36. The van der Waals surface area contributed by atoms with Crippen LogP contribution in [-0.4, -0.2) is 33.1 Å². The molecule has 2 N–H and O–H groups in total. The maximum absolute atomic E-state index is 13.2. The summed E-state index contributed by atoms with van der Waals surface area (Å²) in [6.45, 7) is 1.04. The van der Waals surface area contributed by atoms with Crippen molar-refractivity contribution in [3.63, 3.8) is 0 Å².